The molecule has 0 saturated carbocycles. The predicted molar refractivity (Wildman–Crippen MR) is 64.5 cm³/mol. The molecule has 14 heavy (non-hydrogen) atoms. The molecular formula is C11H9BrOS. The summed E-state index contributed by atoms with van der Waals surface area (Å²) in [6.45, 7) is 1.85. The van der Waals surface area contributed by atoms with E-state index < -0.39 is 0 Å². The molecule has 0 fully saturated rings. The van der Waals surface area contributed by atoms with Crippen LogP contribution < -0.4 is 0 Å². The molecule has 3 heteroatoms. The van der Waals surface area contributed by atoms with Gasteiger partial charge in [-0.2, -0.15) is 0 Å². The molecule has 0 aliphatic rings. The molecule has 2 aromatic rings. The summed E-state index contributed by atoms with van der Waals surface area (Å²) in [6.07, 6.45) is 0. The van der Waals surface area contributed by atoms with Crippen LogP contribution in [-0.2, 0) is 0 Å². The third-order valence-electron chi connectivity index (χ3n) is 2.10. The minimum atomic E-state index is -0.111. The Labute approximate surface area is 94.9 Å². The van der Waals surface area contributed by atoms with E-state index in [9.17, 15) is 4.79 Å². The van der Waals surface area contributed by atoms with E-state index in [1.54, 1.807) is 11.3 Å². The Kier molecular flexibility index (Phi) is 2.70. The van der Waals surface area contributed by atoms with Crippen molar-refractivity contribution >= 4 is 43.1 Å². The second kappa shape index (κ2) is 3.83. The lowest BCUT2D eigenvalue weighted by molar-refractivity contribution is 0.0996. The first-order valence-corrected chi connectivity index (χ1v) is 6.13. The summed E-state index contributed by atoms with van der Waals surface area (Å²) in [7, 11) is 0. The molecule has 1 unspecified atom stereocenters. The van der Waals surface area contributed by atoms with Crippen molar-refractivity contribution in [3.63, 3.8) is 0 Å². The molecule has 2 rings (SSSR count). The monoisotopic (exact) mass is 268 g/mol. The summed E-state index contributed by atoms with van der Waals surface area (Å²) in [6, 6.07) is 7.90. The number of ketones is 1. The van der Waals surface area contributed by atoms with E-state index in [0.717, 1.165) is 5.56 Å². The average Bonchev–Trinajstić information content (AvgIpc) is 2.62. The number of halogens is 1. The molecule has 1 aromatic heterocycles. The number of benzene rings is 1. The number of hydrogen-bond donors (Lipinski definition) is 0. The molecule has 0 aliphatic heterocycles. The number of thiophene rings is 1. The highest BCUT2D eigenvalue weighted by atomic mass is 79.9. The Balaban J connectivity index is 2.48. The van der Waals surface area contributed by atoms with Crippen LogP contribution >= 0.6 is 27.3 Å². The highest BCUT2D eigenvalue weighted by Gasteiger charge is 2.11. The second-order valence-electron chi connectivity index (χ2n) is 3.15. The number of Topliss-reactive ketones (excluding diaryl/α,β-unsaturated/α-hetero) is 1. The number of carbonyl (C=O) groups is 1. The van der Waals surface area contributed by atoms with E-state index >= 15 is 0 Å². The first kappa shape index (κ1) is 9.87. The van der Waals surface area contributed by atoms with Crippen molar-refractivity contribution in [3.8, 4) is 0 Å². The number of fused-ring (bicyclic) bond motifs is 1. The Morgan fingerprint density at radius 3 is 2.93 bits per heavy atom. The Morgan fingerprint density at radius 1 is 1.43 bits per heavy atom. The molecule has 0 radical (unpaired) electrons. The van der Waals surface area contributed by atoms with E-state index in [4.69, 9.17) is 0 Å². The van der Waals surface area contributed by atoms with Gasteiger partial charge in [0.15, 0.2) is 5.78 Å². The number of alkyl halides is 1. The van der Waals surface area contributed by atoms with Gasteiger partial charge in [-0.1, -0.05) is 28.1 Å². The maximum Gasteiger partial charge on any atom is 0.176 e. The molecule has 1 nitrogen and oxygen atoms in total. The molecule has 0 N–H and O–H groups in total. The molecule has 72 valence electrons. The van der Waals surface area contributed by atoms with Crippen molar-refractivity contribution in [1.29, 1.82) is 0 Å². The quantitative estimate of drug-likeness (QED) is 0.597. The summed E-state index contributed by atoms with van der Waals surface area (Å²) < 4.78 is 1.17. The largest absolute Gasteiger partial charge is 0.293 e. The van der Waals surface area contributed by atoms with Crippen molar-refractivity contribution < 1.29 is 4.79 Å². The molecule has 0 bridgehead atoms. The van der Waals surface area contributed by atoms with Gasteiger partial charge in [0.2, 0.25) is 0 Å². The van der Waals surface area contributed by atoms with Gasteiger partial charge in [0.1, 0.15) is 0 Å². The van der Waals surface area contributed by atoms with Crippen LogP contribution in [0.3, 0.4) is 0 Å². The van der Waals surface area contributed by atoms with Crippen molar-refractivity contribution in [2.75, 3.05) is 0 Å². The Hall–Kier alpha value is -0.670. The Bertz CT molecular complexity index is 473. The molecule has 1 atom stereocenters. The van der Waals surface area contributed by atoms with Crippen LogP contribution in [0.15, 0.2) is 29.6 Å². The normalized spacial score (nSPS) is 13.0. The predicted octanol–water partition coefficient (Wildman–Crippen LogP) is 3.87. The fraction of sp³-hybridized carbons (Fsp3) is 0.182. The smallest absolute Gasteiger partial charge is 0.176 e. The van der Waals surface area contributed by atoms with Crippen molar-refractivity contribution in [2.45, 2.75) is 11.8 Å². The lowest BCUT2D eigenvalue weighted by atomic mass is 10.1. The number of rotatable bonds is 2. The fourth-order valence-electron chi connectivity index (χ4n) is 1.34. The zero-order valence-electron chi connectivity index (χ0n) is 7.66. The third kappa shape index (κ3) is 1.74. The van der Waals surface area contributed by atoms with E-state index in [1.807, 2.05) is 30.5 Å². The van der Waals surface area contributed by atoms with Gasteiger partial charge in [-0.25, -0.2) is 0 Å². The van der Waals surface area contributed by atoms with Gasteiger partial charge in [0.05, 0.1) is 4.83 Å². The zero-order valence-corrected chi connectivity index (χ0v) is 10.1. The van der Waals surface area contributed by atoms with Gasteiger partial charge in [0.25, 0.3) is 0 Å². The summed E-state index contributed by atoms with van der Waals surface area (Å²) in [5.41, 5.74) is 0.782. The van der Waals surface area contributed by atoms with E-state index in [1.165, 1.54) is 10.1 Å². The standard InChI is InChI=1S/C11H9BrOS/c1-7(12)11(13)9-3-2-8-4-5-14-10(8)6-9/h2-7H,1H3. The summed E-state index contributed by atoms with van der Waals surface area (Å²) in [4.78, 5) is 11.6. The lowest BCUT2D eigenvalue weighted by Gasteiger charge is -2.02. The van der Waals surface area contributed by atoms with Crippen LogP contribution in [0.5, 0.6) is 0 Å². The Morgan fingerprint density at radius 2 is 2.21 bits per heavy atom. The first-order valence-electron chi connectivity index (χ1n) is 4.34. The van der Waals surface area contributed by atoms with Crippen molar-refractivity contribution in [1.82, 2.24) is 0 Å². The fourth-order valence-corrected chi connectivity index (χ4v) is 2.43. The van der Waals surface area contributed by atoms with Crippen LogP contribution in [-0.4, -0.2) is 10.6 Å². The molecule has 1 aromatic carbocycles. The first-order chi connectivity index (χ1) is 6.68. The topological polar surface area (TPSA) is 17.1 Å². The van der Waals surface area contributed by atoms with Crippen molar-refractivity contribution in [3.05, 3.63) is 35.2 Å². The van der Waals surface area contributed by atoms with Crippen molar-refractivity contribution in [2.24, 2.45) is 0 Å². The van der Waals surface area contributed by atoms with Gasteiger partial charge < -0.3 is 0 Å². The highest BCUT2D eigenvalue weighted by molar-refractivity contribution is 9.10. The van der Waals surface area contributed by atoms with Crippen LogP contribution in [0.2, 0.25) is 0 Å². The van der Waals surface area contributed by atoms with Gasteiger partial charge in [-0.3, -0.25) is 4.79 Å². The van der Waals surface area contributed by atoms with Crippen LogP contribution in [0.1, 0.15) is 17.3 Å². The maximum atomic E-state index is 11.7. The highest BCUT2D eigenvalue weighted by Crippen LogP contribution is 2.23. The van der Waals surface area contributed by atoms with E-state index in [-0.39, 0.29) is 10.6 Å². The number of carbonyl (C=O) groups excluding carboxylic acids is 1. The zero-order chi connectivity index (χ0) is 10.1. The lowest BCUT2D eigenvalue weighted by Crippen LogP contribution is -2.09. The average molecular weight is 269 g/mol. The van der Waals surface area contributed by atoms with Gasteiger partial charge in [-0.15, -0.1) is 11.3 Å². The van der Waals surface area contributed by atoms with Crippen LogP contribution in [0.4, 0.5) is 0 Å². The van der Waals surface area contributed by atoms with E-state index in [2.05, 4.69) is 22.0 Å². The van der Waals surface area contributed by atoms with Crippen LogP contribution in [0, 0.1) is 0 Å². The van der Waals surface area contributed by atoms with Gasteiger partial charge >= 0.3 is 0 Å². The minimum Gasteiger partial charge on any atom is -0.293 e. The summed E-state index contributed by atoms with van der Waals surface area (Å²) in [5, 5.41) is 3.24. The second-order valence-corrected chi connectivity index (χ2v) is 5.47. The molecule has 1 heterocycles. The molecule has 0 aliphatic carbocycles. The minimum absolute atomic E-state index is 0.111. The molecule has 0 spiro atoms. The summed E-state index contributed by atoms with van der Waals surface area (Å²) >= 11 is 4.95. The third-order valence-corrected chi connectivity index (χ3v) is 3.40. The van der Waals surface area contributed by atoms with E-state index in [0.29, 0.717) is 0 Å². The van der Waals surface area contributed by atoms with Crippen LogP contribution in [0.25, 0.3) is 10.1 Å². The molecule has 0 amide bonds. The van der Waals surface area contributed by atoms with Gasteiger partial charge in [0, 0.05) is 10.3 Å². The summed E-state index contributed by atoms with van der Waals surface area (Å²) in [5.74, 6) is 0.139. The van der Waals surface area contributed by atoms with Gasteiger partial charge in [-0.05, 0) is 29.8 Å². The molecular weight excluding hydrogens is 260 g/mol. The molecule has 0 saturated heterocycles. The SMILES string of the molecule is CC(Br)C(=O)c1ccc2ccsc2c1. The maximum absolute atomic E-state index is 11.7. The number of hydrogen-bond acceptors (Lipinski definition) is 2.